The molecule has 0 spiro atoms. The number of carbonyl (C=O) groups excluding carboxylic acids is 1. The molecule has 4 nitrogen and oxygen atoms in total. The van der Waals surface area contributed by atoms with Gasteiger partial charge in [0.1, 0.15) is 16.5 Å². The molecule has 2 aromatic rings. The Hall–Kier alpha value is -1.21. The van der Waals surface area contributed by atoms with Gasteiger partial charge >= 0.3 is 0 Å². The van der Waals surface area contributed by atoms with Crippen LogP contribution in [0.2, 0.25) is 0 Å². The third kappa shape index (κ3) is 5.88. The minimum absolute atomic E-state index is 0. The summed E-state index contributed by atoms with van der Waals surface area (Å²) in [5, 5.41) is 5.16. The predicted octanol–water partition coefficient (Wildman–Crippen LogP) is 3.26. The first-order valence-corrected chi connectivity index (χ1v) is 7.19. The molecule has 0 saturated carbocycles. The van der Waals surface area contributed by atoms with Crippen molar-refractivity contribution in [3.63, 3.8) is 0 Å². The minimum atomic E-state index is -0.292. The molecule has 0 bridgehead atoms. The van der Waals surface area contributed by atoms with E-state index in [1.54, 1.807) is 17.5 Å². The van der Waals surface area contributed by atoms with Crippen molar-refractivity contribution >= 4 is 42.1 Å². The van der Waals surface area contributed by atoms with Crippen molar-refractivity contribution in [3.8, 4) is 10.6 Å². The average Bonchev–Trinajstić information content (AvgIpc) is 2.88. The van der Waals surface area contributed by atoms with Gasteiger partial charge in [0.2, 0.25) is 0 Å². The molecular weight excluding hydrogens is 348 g/mol. The van der Waals surface area contributed by atoms with Gasteiger partial charge in [-0.1, -0.05) is 0 Å². The number of rotatable bonds is 5. The first-order valence-electron chi connectivity index (χ1n) is 6.31. The minimum Gasteiger partial charge on any atom is -0.351 e. The topological polar surface area (TPSA) is 68.0 Å². The molecule has 1 aromatic heterocycles. The van der Waals surface area contributed by atoms with E-state index in [-0.39, 0.29) is 42.6 Å². The van der Waals surface area contributed by atoms with E-state index in [2.05, 4.69) is 10.3 Å². The smallest absolute Gasteiger partial charge is 0.270 e. The third-order valence-corrected chi connectivity index (χ3v) is 3.60. The van der Waals surface area contributed by atoms with Crippen molar-refractivity contribution in [2.45, 2.75) is 19.4 Å². The SMILES string of the molecule is CC(N)CCNC(=O)c1csc(-c2ccc(F)cc2)n1.Cl.Cl. The summed E-state index contributed by atoms with van der Waals surface area (Å²) in [7, 11) is 0. The molecule has 1 aromatic carbocycles. The normalized spacial score (nSPS) is 11.0. The third-order valence-electron chi connectivity index (χ3n) is 2.71. The van der Waals surface area contributed by atoms with Crippen LogP contribution in [0.5, 0.6) is 0 Å². The second-order valence-electron chi connectivity index (χ2n) is 4.57. The van der Waals surface area contributed by atoms with E-state index in [0.29, 0.717) is 17.2 Å². The molecule has 122 valence electrons. The number of hydrogen-bond acceptors (Lipinski definition) is 4. The fourth-order valence-electron chi connectivity index (χ4n) is 1.61. The summed E-state index contributed by atoms with van der Waals surface area (Å²) in [5.74, 6) is -0.505. The highest BCUT2D eigenvalue weighted by Crippen LogP contribution is 2.23. The maximum atomic E-state index is 12.8. The number of thiazole rings is 1. The molecule has 0 radical (unpaired) electrons. The Labute approximate surface area is 145 Å². The average molecular weight is 366 g/mol. The molecule has 0 saturated heterocycles. The van der Waals surface area contributed by atoms with Gasteiger partial charge in [-0.25, -0.2) is 9.37 Å². The lowest BCUT2D eigenvalue weighted by atomic mass is 10.2. The highest BCUT2D eigenvalue weighted by Gasteiger charge is 2.11. The predicted molar refractivity (Wildman–Crippen MR) is 92.6 cm³/mol. The van der Waals surface area contributed by atoms with Crippen LogP contribution >= 0.6 is 36.2 Å². The van der Waals surface area contributed by atoms with Gasteiger partial charge in [0.05, 0.1) is 0 Å². The molecular formula is C14H18Cl2FN3OS. The van der Waals surface area contributed by atoms with Gasteiger partial charge in [0, 0.05) is 23.5 Å². The largest absolute Gasteiger partial charge is 0.351 e. The van der Waals surface area contributed by atoms with E-state index in [0.717, 1.165) is 12.0 Å². The highest BCUT2D eigenvalue weighted by molar-refractivity contribution is 7.13. The maximum absolute atomic E-state index is 12.8. The Kier molecular flexibility index (Phi) is 9.20. The van der Waals surface area contributed by atoms with E-state index in [4.69, 9.17) is 5.73 Å². The fraction of sp³-hybridized carbons (Fsp3) is 0.286. The molecule has 0 aliphatic carbocycles. The van der Waals surface area contributed by atoms with Crippen LogP contribution in [-0.4, -0.2) is 23.5 Å². The Morgan fingerprint density at radius 2 is 2.00 bits per heavy atom. The summed E-state index contributed by atoms with van der Waals surface area (Å²) in [5.41, 5.74) is 6.79. The number of aromatic nitrogens is 1. The molecule has 0 aliphatic rings. The lowest BCUT2D eigenvalue weighted by molar-refractivity contribution is 0.0948. The zero-order chi connectivity index (χ0) is 14.5. The Bertz CT molecular complexity index is 590. The number of amides is 1. The van der Waals surface area contributed by atoms with E-state index in [1.165, 1.54) is 23.5 Å². The van der Waals surface area contributed by atoms with Gasteiger partial charge in [0.15, 0.2) is 0 Å². The second-order valence-corrected chi connectivity index (χ2v) is 5.42. The number of hydrogen-bond donors (Lipinski definition) is 2. The standard InChI is InChI=1S/C14H16FN3OS.2ClH/c1-9(16)6-7-17-13(19)12-8-20-14(18-12)10-2-4-11(15)5-3-10;;/h2-5,8-9H,6-7,16H2,1H3,(H,17,19);2*1H. The van der Waals surface area contributed by atoms with Gasteiger partial charge in [-0.2, -0.15) is 0 Å². The molecule has 8 heteroatoms. The highest BCUT2D eigenvalue weighted by atomic mass is 35.5. The fourth-order valence-corrected chi connectivity index (χ4v) is 2.41. The van der Waals surface area contributed by atoms with Crippen molar-refractivity contribution in [2.24, 2.45) is 5.73 Å². The zero-order valence-corrected chi connectivity index (χ0v) is 14.4. The first kappa shape index (κ1) is 20.8. The summed E-state index contributed by atoms with van der Waals surface area (Å²) < 4.78 is 12.8. The van der Waals surface area contributed by atoms with Crippen molar-refractivity contribution in [3.05, 3.63) is 41.2 Å². The summed E-state index contributed by atoms with van der Waals surface area (Å²) in [4.78, 5) is 16.1. The molecule has 1 atom stereocenters. The molecule has 2 rings (SSSR count). The molecule has 22 heavy (non-hydrogen) atoms. The second kappa shape index (κ2) is 9.74. The van der Waals surface area contributed by atoms with Crippen LogP contribution in [0.4, 0.5) is 4.39 Å². The number of nitrogens with one attached hydrogen (secondary N) is 1. The van der Waals surface area contributed by atoms with E-state index in [9.17, 15) is 9.18 Å². The van der Waals surface area contributed by atoms with Crippen molar-refractivity contribution in [1.29, 1.82) is 0 Å². The Balaban J connectivity index is 0.00000220. The first-order chi connectivity index (χ1) is 9.56. The molecule has 0 aliphatic heterocycles. The lowest BCUT2D eigenvalue weighted by Crippen LogP contribution is -2.29. The summed E-state index contributed by atoms with van der Waals surface area (Å²) in [6, 6.07) is 6.09. The number of carbonyl (C=O) groups is 1. The van der Waals surface area contributed by atoms with Crippen molar-refractivity contribution in [1.82, 2.24) is 10.3 Å². The van der Waals surface area contributed by atoms with Crippen LogP contribution in [-0.2, 0) is 0 Å². The summed E-state index contributed by atoms with van der Waals surface area (Å²) >= 11 is 1.36. The lowest BCUT2D eigenvalue weighted by Gasteiger charge is -2.05. The molecule has 1 unspecified atom stereocenters. The molecule has 1 heterocycles. The number of nitrogens with zero attached hydrogens (tertiary/aromatic N) is 1. The van der Waals surface area contributed by atoms with Crippen LogP contribution in [0.1, 0.15) is 23.8 Å². The van der Waals surface area contributed by atoms with E-state index < -0.39 is 0 Å². The van der Waals surface area contributed by atoms with Crippen molar-refractivity contribution in [2.75, 3.05) is 6.54 Å². The molecule has 1 amide bonds. The van der Waals surface area contributed by atoms with Crippen LogP contribution < -0.4 is 11.1 Å². The molecule has 0 fully saturated rings. The summed E-state index contributed by atoms with van der Waals surface area (Å²) in [6.07, 6.45) is 0.723. The van der Waals surface area contributed by atoms with Crippen LogP contribution in [0, 0.1) is 5.82 Å². The van der Waals surface area contributed by atoms with E-state index >= 15 is 0 Å². The zero-order valence-electron chi connectivity index (χ0n) is 11.9. The van der Waals surface area contributed by atoms with Crippen molar-refractivity contribution < 1.29 is 9.18 Å². The van der Waals surface area contributed by atoms with Crippen LogP contribution in [0.15, 0.2) is 29.6 Å². The van der Waals surface area contributed by atoms with Gasteiger partial charge in [0.25, 0.3) is 5.91 Å². The number of halogens is 3. The number of benzene rings is 1. The maximum Gasteiger partial charge on any atom is 0.270 e. The quantitative estimate of drug-likeness (QED) is 0.854. The monoisotopic (exact) mass is 365 g/mol. The van der Waals surface area contributed by atoms with Gasteiger partial charge in [-0.05, 0) is 37.6 Å². The molecule has 3 N–H and O–H groups in total. The van der Waals surface area contributed by atoms with E-state index in [1.807, 2.05) is 6.92 Å². The van der Waals surface area contributed by atoms with Crippen LogP contribution in [0.3, 0.4) is 0 Å². The van der Waals surface area contributed by atoms with Crippen LogP contribution in [0.25, 0.3) is 10.6 Å². The van der Waals surface area contributed by atoms with Gasteiger partial charge in [-0.3, -0.25) is 4.79 Å². The number of nitrogens with two attached hydrogens (primary N) is 1. The van der Waals surface area contributed by atoms with Gasteiger partial charge < -0.3 is 11.1 Å². The Morgan fingerprint density at radius 3 is 2.59 bits per heavy atom. The van der Waals surface area contributed by atoms with Gasteiger partial charge in [-0.15, -0.1) is 36.2 Å². The summed E-state index contributed by atoms with van der Waals surface area (Å²) in [6.45, 7) is 2.42. The Morgan fingerprint density at radius 1 is 1.36 bits per heavy atom.